The Morgan fingerprint density at radius 1 is 1.05 bits per heavy atom. The van der Waals surface area contributed by atoms with E-state index in [9.17, 15) is 18.0 Å². The van der Waals surface area contributed by atoms with Gasteiger partial charge in [0.25, 0.3) is 0 Å². The standard InChI is InChI=1S/C30H35N3O5S2/c1-2-38-30(35)22-14-16-33(17-15-22)27-13-12-23(31-29(34)20-24-9-6-18-39-24)19-28(27)40(36,37)32-26-11-5-8-21-7-3-4-10-25(21)26/h3-4,6-7,9-10,12-13,18-19,22,26,32H,2,5,8,11,14-17,20H2,1H3,(H,31,34)/t26-/m0/s1. The van der Waals surface area contributed by atoms with Gasteiger partial charge in [-0.05, 0) is 79.8 Å². The zero-order valence-corrected chi connectivity index (χ0v) is 24.2. The van der Waals surface area contributed by atoms with Crippen LogP contribution in [0.5, 0.6) is 0 Å². The molecule has 10 heteroatoms. The predicted octanol–water partition coefficient (Wildman–Crippen LogP) is 5.06. The van der Waals surface area contributed by atoms with Gasteiger partial charge in [0.1, 0.15) is 4.90 Å². The van der Waals surface area contributed by atoms with E-state index in [2.05, 4.69) is 16.1 Å². The van der Waals surface area contributed by atoms with Crippen molar-refractivity contribution in [2.24, 2.45) is 5.92 Å². The summed E-state index contributed by atoms with van der Waals surface area (Å²) in [4.78, 5) is 28.0. The number of carbonyl (C=O) groups is 2. The first-order valence-electron chi connectivity index (χ1n) is 13.8. The number of benzene rings is 2. The van der Waals surface area contributed by atoms with Crippen molar-refractivity contribution >= 4 is 44.6 Å². The average Bonchev–Trinajstić information content (AvgIpc) is 3.46. The molecule has 8 nitrogen and oxygen atoms in total. The third kappa shape index (κ3) is 6.56. The minimum Gasteiger partial charge on any atom is -0.466 e. The molecule has 0 bridgehead atoms. The van der Waals surface area contributed by atoms with Crippen molar-refractivity contribution in [1.29, 1.82) is 0 Å². The number of piperidine rings is 1. The Morgan fingerprint density at radius 3 is 2.60 bits per heavy atom. The van der Waals surface area contributed by atoms with Crippen LogP contribution in [-0.2, 0) is 37.2 Å². The molecular weight excluding hydrogens is 546 g/mol. The highest BCUT2D eigenvalue weighted by atomic mass is 32.2. The third-order valence-electron chi connectivity index (χ3n) is 7.57. The number of nitrogens with one attached hydrogen (secondary N) is 2. The van der Waals surface area contributed by atoms with Crippen LogP contribution in [0.25, 0.3) is 0 Å². The number of carbonyl (C=O) groups excluding carboxylic acids is 2. The molecule has 1 aliphatic heterocycles. The maximum absolute atomic E-state index is 14.0. The second-order valence-electron chi connectivity index (χ2n) is 10.3. The summed E-state index contributed by atoms with van der Waals surface area (Å²) in [6, 6.07) is 16.5. The van der Waals surface area contributed by atoms with E-state index in [1.807, 2.05) is 40.6 Å². The number of nitrogens with zero attached hydrogens (tertiary/aromatic N) is 1. The molecule has 40 heavy (non-hydrogen) atoms. The topological polar surface area (TPSA) is 105 Å². The van der Waals surface area contributed by atoms with Gasteiger partial charge in [0.15, 0.2) is 0 Å². The fourth-order valence-electron chi connectivity index (χ4n) is 5.59. The number of aryl methyl sites for hydroxylation is 1. The Kier molecular flexibility index (Phi) is 8.87. The Balaban J connectivity index is 1.42. The minimum atomic E-state index is -3.96. The van der Waals surface area contributed by atoms with Gasteiger partial charge in [-0.25, -0.2) is 13.1 Å². The SMILES string of the molecule is CCOC(=O)C1CCN(c2ccc(NC(=O)Cc3cccs3)cc2S(=O)(=O)N[C@H]2CCCc3ccccc32)CC1. The molecule has 1 saturated heterocycles. The molecule has 1 fully saturated rings. The monoisotopic (exact) mass is 581 g/mol. The molecule has 0 saturated carbocycles. The Bertz CT molecular complexity index is 1450. The minimum absolute atomic E-state index is 0.124. The van der Waals surface area contributed by atoms with Gasteiger partial charge in [0.05, 0.1) is 24.6 Å². The van der Waals surface area contributed by atoms with Crippen molar-refractivity contribution in [2.75, 3.05) is 29.9 Å². The summed E-state index contributed by atoms with van der Waals surface area (Å²) in [5, 5.41) is 4.79. The number of fused-ring (bicyclic) bond motifs is 1. The highest BCUT2D eigenvalue weighted by molar-refractivity contribution is 7.89. The highest BCUT2D eigenvalue weighted by Gasteiger charge is 2.32. The molecule has 1 amide bonds. The lowest BCUT2D eigenvalue weighted by atomic mass is 9.88. The van der Waals surface area contributed by atoms with E-state index in [0.29, 0.717) is 50.3 Å². The van der Waals surface area contributed by atoms with Crippen LogP contribution >= 0.6 is 11.3 Å². The van der Waals surface area contributed by atoms with E-state index in [0.717, 1.165) is 28.8 Å². The van der Waals surface area contributed by atoms with E-state index in [4.69, 9.17) is 4.74 Å². The first-order chi connectivity index (χ1) is 19.3. The first kappa shape index (κ1) is 28.3. The fraction of sp³-hybridized carbons (Fsp3) is 0.400. The number of hydrogen-bond acceptors (Lipinski definition) is 7. The van der Waals surface area contributed by atoms with Gasteiger partial charge in [-0.1, -0.05) is 30.3 Å². The molecule has 2 heterocycles. The fourth-order valence-corrected chi connectivity index (χ4v) is 7.79. The second-order valence-corrected chi connectivity index (χ2v) is 13.0. The largest absolute Gasteiger partial charge is 0.466 e. The van der Waals surface area contributed by atoms with Crippen LogP contribution in [0.3, 0.4) is 0 Å². The van der Waals surface area contributed by atoms with E-state index < -0.39 is 10.0 Å². The number of ether oxygens (including phenoxy) is 1. The summed E-state index contributed by atoms with van der Waals surface area (Å²) < 4.78 is 36.2. The molecular formula is C30H35N3O5S2. The molecule has 0 spiro atoms. The van der Waals surface area contributed by atoms with Gasteiger partial charge in [0, 0.05) is 29.7 Å². The number of esters is 1. The van der Waals surface area contributed by atoms with Gasteiger partial charge in [-0.2, -0.15) is 0 Å². The van der Waals surface area contributed by atoms with Gasteiger partial charge < -0.3 is 15.0 Å². The van der Waals surface area contributed by atoms with Gasteiger partial charge in [0.2, 0.25) is 15.9 Å². The van der Waals surface area contributed by atoms with Crippen molar-refractivity contribution in [3.8, 4) is 0 Å². The maximum Gasteiger partial charge on any atom is 0.309 e. The van der Waals surface area contributed by atoms with E-state index in [1.54, 1.807) is 25.1 Å². The van der Waals surface area contributed by atoms with Gasteiger partial charge in [-0.15, -0.1) is 11.3 Å². The summed E-state index contributed by atoms with van der Waals surface area (Å²) in [5.74, 6) is -0.594. The third-order valence-corrected chi connectivity index (χ3v) is 9.95. The number of anilines is 2. The number of thiophene rings is 1. The number of rotatable bonds is 9. The normalized spacial score (nSPS) is 17.7. The second kappa shape index (κ2) is 12.5. The molecule has 5 rings (SSSR count). The zero-order chi connectivity index (χ0) is 28.1. The summed E-state index contributed by atoms with van der Waals surface area (Å²) in [7, 11) is -3.96. The Labute approximate surface area is 239 Å². The van der Waals surface area contributed by atoms with Crippen LogP contribution in [0.2, 0.25) is 0 Å². The molecule has 2 aromatic carbocycles. The molecule has 212 valence electrons. The van der Waals surface area contributed by atoms with Crippen LogP contribution in [0.1, 0.15) is 54.7 Å². The van der Waals surface area contributed by atoms with Crippen molar-refractivity contribution in [2.45, 2.75) is 56.4 Å². The lowest BCUT2D eigenvalue weighted by Gasteiger charge is -2.34. The maximum atomic E-state index is 14.0. The molecule has 1 aliphatic carbocycles. The molecule has 1 aromatic heterocycles. The molecule has 1 atom stereocenters. The lowest BCUT2D eigenvalue weighted by Crippen LogP contribution is -2.38. The first-order valence-corrected chi connectivity index (χ1v) is 16.2. The van der Waals surface area contributed by atoms with Crippen molar-refractivity contribution in [3.05, 3.63) is 76.0 Å². The highest BCUT2D eigenvalue weighted by Crippen LogP contribution is 2.35. The van der Waals surface area contributed by atoms with Crippen molar-refractivity contribution in [1.82, 2.24) is 4.72 Å². The van der Waals surface area contributed by atoms with E-state index in [1.165, 1.54) is 11.3 Å². The predicted molar refractivity (Wildman–Crippen MR) is 157 cm³/mol. The molecule has 2 N–H and O–H groups in total. The quantitative estimate of drug-likeness (QED) is 0.342. The van der Waals surface area contributed by atoms with Gasteiger partial charge >= 0.3 is 5.97 Å². The molecule has 0 unspecified atom stereocenters. The summed E-state index contributed by atoms with van der Waals surface area (Å²) >= 11 is 1.50. The van der Waals surface area contributed by atoms with Crippen LogP contribution in [0, 0.1) is 5.92 Å². The van der Waals surface area contributed by atoms with Gasteiger partial charge in [-0.3, -0.25) is 9.59 Å². The van der Waals surface area contributed by atoms with E-state index >= 15 is 0 Å². The van der Waals surface area contributed by atoms with Crippen molar-refractivity contribution < 1.29 is 22.7 Å². The summed E-state index contributed by atoms with van der Waals surface area (Å²) in [6.45, 7) is 3.20. The lowest BCUT2D eigenvalue weighted by molar-refractivity contribution is -0.148. The number of amides is 1. The molecule has 3 aromatic rings. The zero-order valence-electron chi connectivity index (χ0n) is 22.6. The molecule has 0 radical (unpaired) electrons. The van der Waals surface area contributed by atoms with E-state index in [-0.39, 0.29) is 35.2 Å². The number of sulfonamides is 1. The Hall–Kier alpha value is -3.21. The van der Waals surface area contributed by atoms with Crippen LogP contribution in [0.15, 0.2) is 64.9 Å². The Morgan fingerprint density at radius 2 is 1.85 bits per heavy atom. The number of hydrogen-bond donors (Lipinski definition) is 2. The average molecular weight is 582 g/mol. The van der Waals surface area contributed by atoms with Crippen molar-refractivity contribution in [3.63, 3.8) is 0 Å². The summed E-state index contributed by atoms with van der Waals surface area (Å²) in [5.41, 5.74) is 3.16. The van der Waals surface area contributed by atoms with Crippen LogP contribution in [-0.4, -0.2) is 40.0 Å². The van der Waals surface area contributed by atoms with Crippen LogP contribution < -0.4 is 14.9 Å². The molecule has 2 aliphatic rings. The smallest absolute Gasteiger partial charge is 0.309 e. The van der Waals surface area contributed by atoms with Crippen LogP contribution in [0.4, 0.5) is 11.4 Å². The summed E-state index contributed by atoms with van der Waals surface area (Å²) in [6.07, 6.45) is 3.94.